The van der Waals surface area contributed by atoms with Crippen LogP contribution in [-0.2, 0) is 9.53 Å². The monoisotopic (exact) mass is 585 g/mol. The molecule has 0 amide bonds. The second kappa shape index (κ2) is 11.8. The standard InChI is InChI=1S/C39H55NO3/c1-9-29-17-18-33-34-31(26(2)3)20-22-39(34,40-25-41)24-23-38(33,7)37(29,6)21-19-30-11-10-12-32(36(30,4)5)27-13-15-28(16-14-27)35(42)43-8/h12-16,29-31,33-34H,2,9-11,17-24H2,1,3-8H3. The Morgan fingerprint density at radius 1 is 1.02 bits per heavy atom. The van der Waals surface area contributed by atoms with Gasteiger partial charge in [0.1, 0.15) is 0 Å². The average molecular weight is 586 g/mol. The predicted octanol–water partition coefficient (Wildman–Crippen LogP) is 9.99. The number of carbonyl (C=O) groups excluding carboxylic acids is 2. The van der Waals surface area contributed by atoms with Gasteiger partial charge in [-0.15, -0.1) is 0 Å². The van der Waals surface area contributed by atoms with Crippen molar-refractivity contribution in [3.63, 3.8) is 0 Å². The number of allylic oxidation sites excluding steroid dienone is 3. The van der Waals surface area contributed by atoms with Crippen molar-refractivity contribution in [3.05, 3.63) is 53.6 Å². The van der Waals surface area contributed by atoms with E-state index in [9.17, 15) is 9.59 Å². The van der Waals surface area contributed by atoms with Gasteiger partial charge in [0.05, 0.1) is 18.2 Å². The van der Waals surface area contributed by atoms with Crippen LogP contribution in [0.15, 0.2) is 47.5 Å². The van der Waals surface area contributed by atoms with E-state index in [1.807, 2.05) is 18.2 Å². The first-order valence-corrected chi connectivity index (χ1v) is 17.0. The highest BCUT2D eigenvalue weighted by molar-refractivity contribution is 5.89. The fraction of sp³-hybridized carbons (Fsp3) is 0.692. The number of ether oxygens (including phenoxy) is 1. The lowest BCUT2D eigenvalue weighted by atomic mass is 9.40. The van der Waals surface area contributed by atoms with Crippen molar-refractivity contribution in [2.45, 2.75) is 118 Å². The summed E-state index contributed by atoms with van der Waals surface area (Å²) in [6, 6.07) is 7.99. The molecule has 0 aromatic heterocycles. The van der Waals surface area contributed by atoms with Gasteiger partial charge in [0.25, 0.3) is 0 Å². The molecule has 1 aromatic rings. The third-order valence-electron chi connectivity index (χ3n) is 13.9. The number of isocyanates is 1. The molecule has 4 aliphatic carbocycles. The molecular formula is C39H55NO3. The first kappa shape index (κ1) is 32.0. The molecule has 0 heterocycles. The molecule has 4 heteroatoms. The van der Waals surface area contributed by atoms with Gasteiger partial charge < -0.3 is 4.74 Å². The third-order valence-corrected chi connectivity index (χ3v) is 13.9. The van der Waals surface area contributed by atoms with Crippen LogP contribution in [0.2, 0.25) is 0 Å². The molecular weight excluding hydrogens is 530 g/mol. The maximum absolute atomic E-state index is 12.0. The number of hydrogen-bond donors (Lipinski definition) is 0. The Morgan fingerprint density at radius 3 is 2.37 bits per heavy atom. The molecule has 0 bridgehead atoms. The van der Waals surface area contributed by atoms with Crippen LogP contribution in [0.25, 0.3) is 5.57 Å². The minimum Gasteiger partial charge on any atom is -0.465 e. The van der Waals surface area contributed by atoms with Crippen molar-refractivity contribution in [3.8, 4) is 0 Å². The van der Waals surface area contributed by atoms with Crippen LogP contribution < -0.4 is 0 Å². The SMILES string of the molecule is C=C(C)C1CCC2(N=C=O)CCC3(C)C(CCC(CC)C3(C)CCC3CCC=C(c4ccc(C(=O)OC)cc4)C3(C)C)C12. The molecule has 43 heavy (non-hydrogen) atoms. The Bertz CT molecular complexity index is 1300. The minimum atomic E-state index is -0.288. The molecule has 3 fully saturated rings. The summed E-state index contributed by atoms with van der Waals surface area (Å²) in [6.07, 6.45) is 17.3. The Morgan fingerprint density at radius 2 is 1.74 bits per heavy atom. The highest BCUT2D eigenvalue weighted by Gasteiger charge is 2.66. The summed E-state index contributed by atoms with van der Waals surface area (Å²) in [4.78, 5) is 28.4. The van der Waals surface area contributed by atoms with E-state index in [0.29, 0.717) is 35.2 Å². The fourth-order valence-electron chi connectivity index (χ4n) is 11.1. The maximum atomic E-state index is 12.0. The number of carbonyl (C=O) groups is 1. The first-order valence-electron chi connectivity index (χ1n) is 17.0. The highest BCUT2D eigenvalue weighted by atomic mass is 16.5. The van der Waals surface area contributed by atoms with Crippen LogP contribution in [0.1, 0.15) is 128 Å². The van der Waals surface area contributed by atoms with Gasteiger partial charge in [0.2, 0.25) is 6.08 Å². The minimum absolute atomic E-state index is 0.0506. The Kier molecular flexibility index (Phi) is 8.78. The molecule has 234 valence electrons. The summed E-state index contributed by atoms with van der Waals surface area (Å²) in [5, 5.41) is 0. The summed E-state index contributed by atoms with van der Waals surface area (Å²) >= 11 is 0. The Hall–Kier alpha value is -2.45. The van der Waals surface area contributed by atoms with Gasteiger partial charge in [0.15, 0.2) is 0 Å². The number of fused-ring (bicyclic) bond motifs is 3. The highest BCUT2D eigenvalue weighted by Crippen LogP contribution is 2.71. The molecule has 8 atom stereocenters. The van der Waals surface area contributed by atoms with E-state index >= 15 is 0 Å². The Balaban J connectivity index is 1.42. The summed E-state index contributed by atoms with van der Waals surface area (Å²) in [5.41, 5.74) is 4.78. The van der Waals surface area contributed by atoms with E-state index in [0.717, 1.165) is 32.1 Å². The predicted molar refractivity (Wildman–Crippen MR) is 175 cm³/mol. The van der Waals surface area contributed by atoms with E-state index in [2.05, 4.69) is 71.3 Å². The van der Waals surface area contributed by atoms with Gasteiger partial charge in [-0.3, -0.25) is 0 Å². The zero-order chi connectivity index (χ0) is 31.2. The maximum Gasteiger partial charge on any atom is 0.337 e. The molecule has 0 aliphatic heterocycles. The molecule has 5 rings (SSSR count). The van der Waals surface area contributed by atoms with E-state index in [1.165, 1.54) is 62.3 Å². The van der Waals surface area contributed by atoms with Crippen LogP contribution in [0, 0.1) is 45.8 Å². The fourth-order valence-corrected chi connectivity index (χ4v) is 11.1. The molecule has 0 spiro atoms. The lowest BCUT2D eigenvalue weighted by molar-refractivity contribution is -0.154. The zero-order valence-electron chi connectivity index (χ0n) is 27.9. The lowest BCUT2D eigenvalue weighted by Crippen LogP contribution is -2.60. The molecule has 3 saturated carbocycles. The number of nitrogens with zero attached hydrogens (tertiary/aromatic N) is 1. The van der Waals surface area contributed by atoms with Crippen molar-refractivity contribution in [1.29, 1.82) is 0 Å². The van der Waals surface area contributed by atoms with Gasteiger partial charge in [-0.2, -0.15) is 4.99 Å². The van der Waals surface area contributed by atoms with E-state index in [4.69, 9.17) is 4.74 Å². The van der Waals surface area contributed by atoms with Gasteiger partial charge in [-0.25, -0.2) is 9.59 Å². The second-order valence-corrected chi connectivity index (χ2v) is 15.7. The second-order valence-electron chi connectivity index (χ2n) is 15.7. The summed E-state index contributed by atoms with van der Waals surface area (Å²) < 4.78 is 4.92. The van der Waals surface area contributed by atoms with Crippen molar-refractivity contribution in [2.24, 2.45) is 50.8 Å². The number of benzene rings is 1. The van der Waals surface area contributed by atoms with Crippen molar-refractivity contribution >= 4 is 17.6 Å². The van der Waals surface area contributed by atoms with E-state index < -0.39 is 0 Å². The molecule has 4 nitrogen and oxygen atoms in total. The number of methoxy groups -OCH3 is 1. The van der Waals surface area contributed by atoms with E-state index in [-0.39, 0.29) is 27.8 Å². The number of rotatable bonds is 8. The van der Waals surface area contributed by atoms with Crippen LogP contribution in [-0.4, -0.2) is 24.7 Å². The number of aliphatic imine (C=N–C) groups is 1. The van der Waals surface area contributed by atoms with Crippen molar-refractivity contribution in [2.75, 3.05) is 7.11 Å². The van der Waals surface area contributed by atoms with Gasteiger partial charge in [0, 0.05) is 0 Å². The van der Waals surface area contributed by atoms with Gasteiger partial charge >= 0.3 is 5.97 Å². The van der Waals surface area contributed by atoms with E-state index in [1.54, 1.807) is 0 Å². The van der Waals surface area contributed by atoms with Crippen LogP contribution >= 0.6 is 0 Å². The van der Waals surface area contributed by atoms with Crippen LogP contribution in [0.5, 0.6) is 0 Å². The topological polar surface area (TPSA) is 55.7 Å². The molecule has 8 unspecified atom stereocenters. The smallest absolute Gasteiger partial charge is 0.337 e. The number of hydrogen-bond acceptors (Lipinski definition) is 4. The summed E-state index contributed by atoms with van der Waals surface area (Å²) in [6.45, 7) is 19.2. The average Bonchev–Trinajstić information content (AvgIpc) is 3.37. The normalized spacial score (nSPS) is 38.2. The van der Waals surface area contributed by atoms with Crippen LogP contribution in [0.3, 0.4) is 0 Å². The van der Waals surface area contributed by atoms with Crippen molar-refractivity contribution in [1.82, 2.24) is 0 Å². The Labute approximate surface area is 260 Å². The zero-order valence-corrected chi connectivity index (χ0v) is 27.9. The van der Waals surface area contributed by atoms with Gasteiger partial charge in [-0.1, -0.05) is 71.4 Å². The van der Waals surface area contributed by atoms with Crippen molar-refractivity contribution < 1.29 is 14.3 Å². The first-order chi connectivity index (χ1) is 20.4. The van der Waals surface area contributed by atoms with Crippen LogP contribution in [0.4, 0.5) is 0 Å². The number of esters is 1. The molecule has 4 aliphatic rings. The summed E-state index contributed by atoms with van der Waals surface area (Å²) in [5.74, 6) is 2.47. The largest absolute Gasteiger partial charge is 0.465 e. The lowest BCUT2D eigenvalue weighted by Gasteiger charge is -2.65. The quantitative estimate of drug-likeness (QED) is 0.132. The molecule has 0 N–H and O–H groups in total. The summed E-state index contributed by atoms with van der Waals surface area (Å²) in [7, 11) is 1.43. The third kappa shape index (κ3) is 5.10. The molecule has 0 radical (unpaired) electrons. The molecule has 0 saturated heterocycles. The molecule has 1 aromatic carbocycles. The van der Waals surface area contributed by atoms with Gasteiger partial charge in [-0.05, 0) is 140 Å².